The summed E-state index contributed by atoms with van der Waals surface area (Å²) in [7, 11) is 0. The van der Waals surface area contributed by atoms with Gasteiger partial charge in [-0.2, -0.15) is 0 Å². The second-order valence-electron chi connectivity index (χ2n) is 5.88. The third kappa shape index (κ3) is 4.56. The fraction of sp³-hybridized carbons (Fsp3) is 0.412. The molecule has 2 aromatic heterocycles. The molecule has 0 saturated carbocycles. The second kappa shape index (κ2) is 7.28. The minimum atomic E-state index is -0.0608. The molecule has 1 aliphatic rings. The molecule has 0 radical (unpaired) electrons. The van der Waals surface area contributed by atoms with Gasteiger partial charge in [0.05, 0.1) is 12.2 Å². The van der Waals surface area contributed by atoms with Gasteiger partial charge in [-0.25, -0.2) is 0 Å². The third-order valence-electron chi connectivity index (χ3n) is 3.91. The van der Waals surface area contributed by atoms with Crippen LogP contribution in [0.1, 0.15) is 24.6 Å². The van der Waals surface area contributed by atoms with E-state index in [9.17, 15) is 4.79 Å². The number of amides is 1. The van der Waals surface area contributed by atoms with E-state index in [4.69, 9.17) is 4.74 Å². The lowest BCUT2D eigenvalue weighted by Crippen LogP contribution is -2.24. The Hall–Kier alpha value is -2.34. The van der Waals surface area contributed by atoms with Crippen LogP contribution in [0.15, 0.2) is 36.8 Å². The molecule has 122 valence electrons. The average molecular weight is 314 g/mol. The molecule has 1 unspecified atom stereocenters. The van der Waals surface area contributed by atoms with E-state index in [2.05, 4.69) is 26.3 Å². The molecule has 2 aromatic rings. The molecule has 0 aliphatic carbocycles. The van der Waals surface area contributed by atoms with Gasteiger partial charge < -0.3 is 15.0 Å². The molecule has 2 N–H and O–H groups in total. The summed E-state index contributed by atoms with van der Waals surface area (Å²) in [4.78, 5) is 20.7. The van der Waals surface area contributed by atoms with Crippen molar-refractivity contribution in [2.75, 3.05) is 13.1 Å². The van der Waals surface area contributed by atoms with Crippen LogP contribution in [-0.4, -0.2) is 40.0 Å². The van der Waals surface area contributed by atoms with Crippen LogP contribution < -0.4 is 10.1 Å². The summed E-state index contributed by atoms with van der Waals surface area (Å²) >= 11 is 0. The van der Waals surface area contributed by atoms with Gasteiger partial charge in [-0.1, -0.05) is 0 Å². The number of aromatic amines is 1. The van der Waals surface area contributed by atoms with E-state index in [1.807, 2.05) is 24.5 Å². The van der Waals surface area contributed by atoms with Gasteiger partial charge in [0.15, 0.2) is 0 Å². The number of nitrogens with zero attached hydrogens (tertiary/aromatic N) is 2. The summed E-state index contributed by atoms with van der Waals surface area (Å²) in [5.41, 5.74) is 2.10. The Kier molecular flexibility index (Phi) is 4.92. The summed E-state index contributed by atoms with van der Waals surface area (Å²) in [5.74, 6) is 0.753. The van der Waals surface area contributed by atoms with Crippen molar-refractivity contribution < 1.29 is 9.53 Å². The first-order chi connectivity index (χ1) is 11.2. The topological polar surface area (TPSA) is 70.2 Å². The van der Waals surface area contributed by atoms with Gasteiger partial charge in [0.2, 0.25) is 5.91 Å². The van der Waals surface area contributed by atoms with Gasteiger partial charge in [-0.3, -0.25) is 14.7 Å². The molecule has 3 heterocycles. The summed E-state index contributed by atoms with van der Waals surface area (Å²) in [6.07, 6.45) is 6.93. The average Bonchev–Trinajstić information content (AvgIpc) is 3.18. The minimum absolute atomic E-state index is 0.0608. The van der Waals surface area contributed by atoms with Gasteiger partial charge in [0.1, 0.15) is 11.9 Å². The van der Waals surface area contributed by atoms with Crippen LogP contribution in [-0.2, 0) is 17.9 Å². The quantitative estimate of drug-likeness (QED) is 0.851. The van der Waals surface area contributed by atoms with Crippen LogP contribution in [0.4, 0.5) is 0 Å². The van der Waals surface area contributed by atoms with E-state index in [1.54, 1.807) is 6.20 Å². The molecular weight excluding hydrogens is 292 g/mol. The van der Waals surface area contributed by atoms with E-state index >= 15 is 0 Å². The maximum absolute atomic E-state index is 11.0. The largest absolute Gasteiger partial charge is 0.489 e. The van der Waals surface area contributed by atoms with E-state index < -0.39 is 0 Å². The van der Waals surface area contributed by atoms with Crippen LogP contribution in [0, 0.1) is 0 Å². The molecule has 1 fully saturated rings. The van der Waals surface area contributed by atoms with E-state index in [1.165, 1.54) is 12.5 Å². The van der Waals surface area contributed by atoms with Crippen molar-refractivity contribution in [3.8, 4) is 5.75 Å². The molecule has 1 atom stereocenters. The Morgan fingerprint density at radius 2 is 2.43 bits per heavy atom. The highest BCUT2D eigenvalue weighted by Gasteiger charge is 2.24. The Morgan fingerprint density at radius 1 is 1.52 bits per heavy atom. The number of pyridine rings is 1. The molecule has 1 saturated heterocycles. The van der Waals surface area contributed by atoms with Crippen molar-refractivity contribution in [3.05, 3.63) is 48.0 Å². The van der Waals surface area contributed by atoms with Crippen molar-refractivity contribution in [1.82, 2.24) is 20.2 Å². The van der Waals surface area contributed by atoms with E-state index in [0.29, 0.717) is 6.54 Å². The smallest absolute Gasteiger partial charge is 0.217 e. The molecule has 1 amide bonds. The van der Waals surface area contributed by atoms with Crippen LogP contribution in [0.2, 0.25) is 0 Å². The summed E-state index contributed by atoms with van der Waals surface area (Å²) in [5, 5.41) is 2.75. The van der Waals surface area contributed by atoms with E-state index in [-0.39, 0.29) is 12.0 Å². The monoisotopic (exact) mass is 314 g/mol. The molecule has 0 bridgehead atoms. The maximum atomic E-state index is 11.0. The zero-order chi connectivity index (χ0) is 16.1. The summed E-state index contributed by atoms with van der Waals surface area (Å²) in [6.45, 7) is 4.84. The minimum Gasteiger partial charge on any atom is -0.489 e. The van der Waals surface area contributed by atoms with Crippen molar-refractivity contribution in [1.29, 1.82) is 0 Å². The highest BCUT2D eigenvalue weighted by molar-refractivity contribution is 5.72. The Bertz CT molecular complexity index is 642. The van der Waals surface area contributed by atoms with Crippen LogP contribution in [0.25, 0.3) is 0 Å². The van der Waals surface area contributed by atoms with Gasteiger partial charge in [-0.05, 0) is 24.1 Å². The van der Waals surface area contributed by atoms with Gasteiger partial charge in [0.25, 0.3) is 0 Å². The zero-order valence-electron chi connectivity index (χ0n) is 13.3. The number of hydrogen-bond acceptors (Lipinski definition) is 4. The van der Waals surface area contributed by atoms with Crippen molar-refractivity contribution in [2.45, 2.75) is 32.5 Å². The van der Waals surface area contributed by atoms with Crippen molar-refractivity contribution in [3.63, 3.8) is 0 Å². The molecule has 23 heavy (non-hydrogen) atoms. The summed E-state index contributed by atoms with van der Waals surface area (Å²) < 4.78 is 6.07. The first-order valence-corrected chi connectivity index (χ1v) is 7.89. The van der Waals surface area contributed by atoms with Crippen molar-refractivity contribution >= 4 is 5.91 Å². The SMILES string of the molecule is CC(=O)NCc1cc(OC2CCN(Cc3cc[nH]c3)C2)ccn1. The Balaban J connectivity index is 1.51. The third-order valence-corrected chi connectivity index (χ3v) is 3.91. The maximum Gasteiger partial charge on any atom is 0.217 e. The van der Waals surface area contributed by atoms with Crippen LogP contribution in [0.3, 0.4) is 0 Å². The van der Waals surface area contributed by atoms with Gasteiger partial charge in [-0.15, -0.1) is 0 Å². The lowest BCUT2D eigenvalue weighted by atomic mass is 10.3. The lowest BCUT2D eigenvalue weighted by molar-refractivity contribution is -0.119. The number of ether oxygens (including phenoxy) is 1. The van der Waals surface area contributed by atoms with E-state index in [0.717, 1.165) is 37.5 Å². The predicted octanol–water partition coefficient (Wildman–Crippen LogP) is 1.70. The number of carbonyl (C=O) groups is 1. The second-order valence-corrected chi connectivity index (χ2v) is 5.88. The standard InChI is InChI=1S/C17H22N4O2/c1-13(22)20-10-15-8-16(3-6-19-15)23-17-4-7-21(12-17)11-14-2-5-18-9-14/h2-3,5-6,8-9,17-18H,4,7,10-12H2,1H3,(H,20,22). The fourth-order valence-electron chi connectivity index (χ4n) is 2.79. The molecule has 0 spiro atoms. The first-order valence-electron chi connectivity index (χ1n) is 7.89. The number of nitrogens with one attached hydrogen (secondary N) is 2. The number of rotatable bonds is 6. The highest BCUT2D eigenvalue weighted by atomic mass is 16.5. The predicted molar refractivity (Wildman–Crippen MR) is 86.9 cm³/mol. The first kappa shape index (κ1) is 15.6. The fourth-order valence-corrected chi connectivity index (χ4v) is 2.79. The van der Waals surface area contributed by atoms with Crippen LogP contribution >= 0.6 is 0 Å². The number of likely N-dealkylation sites (tertiary alicyclic amines) is 1. The molecule has 3 rings (SSSR count). The molecule has 0 aromatic carbocycles. The Morgan fingerprint density at radius 3 is 3.22 bits per heavy atom. The van der Waals surface area contributed by atoms with Crippen molar-refractivity contribution in [2.24, 2.45) is 0 Å². The normalized spacial score (nSPS) is 18.0. The van der Waals surface area contributed by atoms with Crippen LogP contribution in [0.5, 0.6) is 5.75 Å². The van der Waals surface area contributed by atoms with Gasteiger partial charge in [0, 0.05) is 51.2 Å². The molecule has 6 nitrogen and oxygen atoms in total. The molecule has 1 aliphatic heterocycles. The number of aromatic nitrogens is 2. The Labute approximate surface area is 135 Å². The highest BCUT2D eigenvalue weighted by Crippen LogP contribution is 2.20. The molecule has 6 heteroatoms. The summed E-state index contributed by atoms with van der Waals surface area (Å²) in [6, 6.07) is 5.86. The number of hydrogen-bond donors (Lipinski definition) is 2. The van der Waals surface area contributed by atoms with Gasteiger partial charge >= 0.3 is 0 Å². The number of carbonyl (C=O) groups excluding carboxylic acids is 1. The molecular formula is C17H22N4O2. The number of H-pyrrole nitrogens is 1. The lowest BCUT2D eigenvalue weighted by Gasteiger charge is -2.16. The zero-order valence-corrected chi connectivity index (χ0v) is 13.3.